The normalized spacial score (nSPS) is 14.8. The van der Waals surface area contributed by atoms with Crippen molar-refractivity contribution < 1.29 is 4.90 Å². The van der Waals surface area contributed by atoms with E-state index in [-0.39, 0.29) is 0 Å². The van der Waals surface area contributed by atoms with Gasteiger partial charge in [0, 0.05) is 11.1 Å². The van der Waals surface area contributed by atoms with E-state index in [1.54, 1.807) is 4.90 Å². The first-order valence-corrected chi connectivity index (χ1v) is 10.8. The maximum absolute atomic E-state index is 6.26. The first-order valence-electron chi connectivity index (χ1n) is 9.97. The predicted octanol–water partition coefficient (Wildman–Crippen LogP) is 4.03. The summed E-state index contributed by atoms with van der Waals surface area (Å²) >= 11 is 11.9. The molecule has 1 saturated heterocycles. The molecule has 5 heteroatoms. The van der Waals surface area contributed by atoms with Crippen LogP contribution in [0, 0.1) is 0 Å². The largest absolute Gasteiger partial charge is 0.338 e. The Labute approximate surface area is 182 Å². The molecule has 1 aliphatic rings. The number of thiocarbonyl (C=S) groups is 1. The summed E-state index contributed by atoms with van der Waals surface area (Å²) in [5.74, 6) is 0. The van der Waals surface area contributed by atoms with E-state index in [0.29, 0.717) is 11.1 Å². The fraction of sp³-hybridized carbons (Fsp3) is 0.208. The molecule has 3 aromatic carbocycles. The van der Waals surface area contributed by atoms with Crippen molar-refractivity contribution in [3.05, 3.63) is 101 Å². The van der Waals surface area contributed by atoms with Gasteiger partial charge in [-0.15, -0.1) is 0 Å². The molecule has 3 aromatic rings. The molecule has 0 saturated carbocycles. The van der Waals surface area contributed by atoms with Crippen molar-refractivity contribution in [2.75, 3.05) is 31.5 Å². The Bertz CT molecular complexity index is 901. The molecule has 3 nitrogen and oxygen atoms in total. The summed E-state index contributed by atoms with van der Waals surface area (Å²) in [7, 11) is 0. The minimum absolute atomic E-state index is 0.338. The molecule has 1 aliphatic heterocycles. The van der Waals surface area contributed by atoms with Crippen LogP contribution in [0.5, 0.6) is 0 Å². The third-order valence-corrected chi connectivity index (χ3v) is 6.17. The second-order valence-corrected chi connectivity index (χ2v) is 8.10. The molecule has 0 atom stereocenters. The number of piperazine rings is 1. The molecule has 0 bridgehead atoms. The smallest absolute Gasteiger partial charge is 0.173 e. The SMILES string of the molecule is S=C(Nc1ccccc1Cl)N1CC[NH+](C(c2ccccc2)c2ccccc2)CC1. The lowest BCUT2D eigenvalue weighted by atomic mass is 9.96. The van der Waals surface area contributed by atoms with Crippen molar-refractivity contribution in [3.8, 4) is 0 Å². The molecule has 148 valence electrons. The molecule has 0 radical (unpaired) electrons. The van der Waals surface area contributed by atoms with E-state index < -0.39 is 0 Å². The third-order valence-electron chi connectivity index (χ3n) is 5.48. The van der Waals surface area contributed by atoms with Gasteiger partial charge < -0.3 is 15.1 Å². The number of rotatable bonds is 4. The van der Waals surface area contributed by atoms with Crippen molar-refractivity contribution in [3.63, 3.8) is 0 Å². The van der Waals surface area contributed by atoms with E-state index in [1.165, 1.54) is 11.1 Å². The van der Waals surface area contributed by atoms with Gasteiger partial charge in [-0.2, -0.15) is 0 Å². The fourth-order valence-electron chi connectivity index (χ4n) is 4.00. The second kappa shape index (κ2) is 9.40. The summed E-state index contributed by atoms with van der Waals surface area (Å²) in [6, 6.07) is 29.7. The molecule has 4 rings (SSSR count). The van der Waals surface area contributed by atoms with Crippen LogP contribution in [-0.2, 0) is 0 Å². The Morgan fingerprint density at radius 3 is 1.90 bits per heavy atom. The molecule has 0 spiro atoms. The van der Waals surface area contributed by atoms with Gasteiger partial charge in [-0.3, -0.25) is 0 Å². The molecule has 0 aliphatic carbocycles. The van der Waals surface area contributed by atoms with Gasteiger partial charge >= 0.3 is 0 Å². The van der Waals surface area contributed by atoms with Gasteiger partial charge in [-0.25, -0.2) is 0 Å². The van der Waals surface area contributed by atoms with E-state index >= 15 is 0 Å². The van der Waals surface area contributed by atoms with Crippen LogP contribution >= 0.6 is 23.8 Å². The maximum atomic E-state index is 6.26. The van der Waals surface area contributed by atoms with Crippen molar-refractivity contribution in [2.24, 2.45) is 0 Å². The lowest BCUT2D eigenvalue weighted by Gasteiger charge is -2.38. The lowest BCUT2D eigenvalue weighted by Crippen LogP contribution is -3.15. The molecule has 1 fully saturated rings. The third kappa shape index (κ3) is 4.78. The summed E-state index contributed by atoms with van der Waals surface area (Å²) in [4.78, 5) is 3.81. The first-order chi connectivity index (χ1) is 14.2. The van der Waals surface area contributed by atoms with Crippen LogP contribution < -0.4 is 10.2 Å². The highest BCUT2D eigenvalue weighted by atomic mass is 35.5. The second-order valence-electron chi connectivity index (χ2n) is 7.31. The predicted molar refractivity (Wildman–Crippen MR) is 125 cm³/mol. The van der Waals surface area contributed by atoms with Gasteiger partial charge in [0.1, 0.15) is 6.04 Å². The van der Waals surface area contributed by atoms with Gasteiger partial charge in [0.2, 0.25) is 0 Å². The summed E-state index contributed by atoms with van der Waals surface area (Å²) in [5, 5.41) is 4.73. The van der Waals surface area contributed by atoms with Crippen molar-refractivity contribution in [2.45, 2.75) is 6.04 Å². The van der Waals surface area contributed by atoms with Crippen LogP contribution in [-0.4, -0.2) is 36.2 Å². The van der Waals surface area contributed by atoms with Crippen molar-refractivity contribution >= 4 is 34.6 Å². The summed E-state index contributed by atoms with van der Waals surface area (Å²) in [6.45, 7) is 3.89. The van der Waals surface area contributed by atoms with E-state index in [4.69, 9.17) is 23.8 Å². The molecular weight excluding hydrogens is 398 g/mol. The first kappa shape index (κ1) is 19.9. The van der Waals surface area contributed by atoms with Gasteiger partial charge in [-0.05, 0) is 24.4 Å². The highest BCUT2D eigenvalue weighted by Gasteiger charge is 2.30. The van der Waals surface area contributed by atoms with Crippen LogP contribution in [0.15, 0.2) is 84.9 Å². The minimum atomic E-state index is 0.338. The van der Waals surface area contributed by atoms with E-state index in [0.717, 1.165) is 37.0 Å². The molecule has 0 aromatic heterocycles. The zero-order valence-corrected chi connectivity index (χ0v) is 17.8. The van der Waals surface area contributed by atoms with Crippen LogP contribution in [0.2, 0.25) is 5.02 Å². The molecule has 0 unspecified atom stereocenters. The van der Waals surface area contributed by atoms with Crippen LogP contribution in [0.1, 0.15) is 17.2 Å². The zero-order valence-electron chi connectivity index (χ0n) is 16.2. The highest BCUT2D eigenvalue weighted by molar-refractivity contribution is 7.80. The maximum Gasteiger partial charge on any atom is 0.173 e. The van der Waals surface area contributed by atoms with Crippen molar-refractivity contribution in [1.29, 1.82) is 0 Å². The van der Waals surface area contributed by atoms with Gasteiger partial charge in [0.05, 0.1) is 36.9 Å². The highest BCUT2D eigenvalue weighted by Crippen LogP contribution is 2.22. The van der Waals surface area contributed by atoms with Gasteiger partial charge in [-0.1, -0.05) is 84.4 Å². The Morgan fingerprint density at radius 1 is 0.828 bits per heavy atom. The summed E-state index contributed by atoms with van der Waals surface area (Å²) in [5.41, 5.74) is 3.58. The van der Waals surface area contributed by atoms with Crippen LogP contribution in [0.3, 0.4) is 0 Å². The number of quaternary nitrogens is 1. The van der Waals surface area contributed by atoms with Crippen molar-refractivity contribution in [1.82, 2.24) is 4.90 Å². The van der Waals surface area contributed by atoms with E-state index in [2.05, 4.69) is 70.9 Å². The Kier molecular flexibility index (Phi) is 6.45. The average Bonchev–Trinajstić information content (AvgIpc) is 2.77. The number of para-hydroxylation sites is 1. The Hall–Kier alpha value is -2.40. The quantitative estimate of drug-likeness (QED) is 0.619. The fourth-order valence-corrected chi connectivity index (χ4v) is 4.47. The number of benzene rings is 3. The Morgan fingerprint density at radius 2 is 1.34 bits per heavy atom. The number of halogens is 1. The van der Waals surface area contributed by atoms with Crippen LogP contribution in [0.4, 0.5) is 5.69 Å². The van der Waals surface area contributed by atoms with Gasteiger partial charge in [0.15, 0.2) is 5.11 Å². The zero-order chi connectivity index (χ0) is 20.1. The monoisotopic (exact) mass is 422 g/mol. The number of anilines is 1. The standard InChI is InChI=1S/C24H24ClN3S/c25-21-13-7-8-14-22(21)26-24(29)28-17-15-27(16-18-28)23(19-9-3-1-4-10-19)20-11-5-2-6-12-20/h1-14,23H,15-18H2,(H,26,29)/p+1. The van der Waals surface area contributed by atoms with Gasteiger partial charge in [0.25, 0.3) is 0 Å². The number of nitrogens with zero attached hydrogens (tertiary/aromatic N) is 1. The molecule has 0 amide bonds. The minimum Gasteiger partial charge on any atom is -0.338 e. The number of hydrogen-bond acceptors (Lipinski definition) is 1. The summed E-state index contributed by atoms with van der Waals surface area (Å²) < 4.78 is 0. The van der Waals surface area contributed by atoms with E-state index in [9.17, 15) is 0 Å². The van der Waals surface area contributed by atoms with E-state index in [1.807, 2.05) is 24.3 Å². The molecule has 2 N–H and O–H groups in total. The average molecular weight is 423 g/mol. The topological polar surface area (TPSA) is 19.7 Å². The molecular formula is C24H25ClN3S+. The Balaban J connectivity index is 1.46. The lowest BCUT2D eigenvalue weighted by molar-refractivity contribution is -0.929. The number of hydrogen-bond donors (Lipinski definition) is 2. The summed E-state index contributed by atoms with van der Waals surface area (Å²) in [6.07, 6.45) is 0. The molecule has 1 heterocycles. The molecule has 29 heavy (non-hydrogen) atoms. The number of nitrogens with one attached hydrogen (secondary N) is 2. The van der Waals surface area contributed by atoms with Crippen LogP contribution in [0.25, 0.3) is 0 Å².